The van der Waals surface area contributed by atoms with Gasteiger partial charge in [0.1, 0.15) is 0 Å². The third-order valence-corrected chi connectivity index (χ3v) is 3.06. The molecule has 0 saturated carbocycles. The number of aromatic nitrogens is 1. The number of halogens is 1. The van der Waals surface area contributed by atoms with Crippen LogP contribution in [0.1, 0.15) is 35.2 Å². The highest BCUT2D eigenvalue weighted by Crippen LogP contribution is 2.23. The van der Waals surface area contributed by atoms with E-state index < -0.39 is 0 Å². The molecule has 0 unspecified atom stereocenters. The molecule has 0 spiro atoms. The number of rotatable bonds is 1. The molecule has 0 amide bonds. The Morgan fingerprint density at radius 3 is 2.47 bits per heavy atom. The van der Waals surface area contributed by atoms with Crippen molar-refractivity contribution in [3.63, 3.8) is 0 Å². The lowest BCUT2D eigenvalue weighted by atomic mass is 9.88. The Labute approximate surface area is 95.5 Å². The largest absolute Gasteiger partial charge is 0.326 e. The predicted molar refractivity (Wildman–Crippen MR) is 63.6 cm³/mol. The van der Waals surface area contributed by atoms with E-state index >= 15 is 0 Å². The van der Waals surface area contributed by atoms with Crippen molar-refractivity contribution >= 4 is 12.4 Å². The van der Waals surface area contributed by atoms with Gasteiger partial charge >= 0.3 is 0 Å². The van der Waals surface area contributed by atoms with Crippen LogP contribution in [0.25, 0.3) is 0 Å². The molecule has 1 aromatic rings. The third-order valence-electron chi connectivity index (χ3n) is 3.06. The quantitative estimate of drug-likeness (QED) is 0.764. The molecular weight excluding hydrogens is 212 g/mol. The average molecular weight is 229 g/mol. The number of nitrogens with one attached hydrogen (secondary N) is 1. The molecule has 1 aliphatic rings. The highest BCUT2D eigenvalue weighted by molar-refractivity contribution is 5.85. The van der Waals surface area contributed by atoms with Crippen molar-refractivity contribution in [3.8, 4) is 0 Å². The summed E-state index contributed by atoms with van der Waals surface area (Å²) in [6, 6.07) is 0. The van der Waals surface area contributed by atoms with Crippen LogP contribution < -0.4 is 11.3 Å². The van der Waals surface area contributed by atoms with Gasteiger partial charge < -0.3 is 10.7 Å². The standard InChI is InChI=1S/C11H16N2O.ClH/c1-7-8-4-2-3-5-9(8)10(6-12)11(14)13-7;/h2-6,12H2,1H3,(H,13,14);1H. The highest BCUT2D eigenvalue weighted by Gasteiger charge is 2.17. The van der Waals surface area contributed by atoms with Crippen molar-refractivity contribution < 1.29 is 0 Å². The fourth-order valence-corrected chi connectivity index (χ4v) is 2.33. The minimum atomic E-state index is 0. The first-order chi connectivity index (χ1) is 6.74. The van der Waals surface area contributed by atoms with Crippen molar-refractivity contribution in [3.05, 3.63) is 32.7 Å². The summed E-state index contributed by atoms with van der Waals surface area (Å²) in [5.41, 5.74) is 9.99. The molecule has 0 fully saturated rings. The van der Waals surface area contributed by atoms with E-state index in [1.54, 1.807) is 0 Å². The first-order valence-corrected chi connectivity index (χ1v) is 5.17. The van der Waals surface area contributed by atoms with Gasteiger partial charge in [-0.1, -0.05) is 0 Å². The van der Waals surface area contributed by atoms with E-state index in [9.17, 15) is 4.79 Å². The lowest BCUT2D eigenvalue weighted by molar-refractivity contribution is 0.666. The summed E-state index contributed by atoms with van der Waals surface area (Å²) in [6.45, 7) is 2.34. The van der Waals surface area contributed by atoms with E-state index in [-0.39, 0.29) is 18.0 Å². The summed E-state index contributed by atoms with van der Waals surface area (Å²) in [4.78, 5) is 14.5. The molecule has 0 aliphatic heterocycles. The number of hydrogen-bond donors (Lipinski definition) is 2. The SMILES string of the molecule is Cc1[nH]c(=O)c(CN)c2c1CCCC2.Cl. The highest BCUT2D eigenvalue weighted by atomic mass is 35.5. The Morgan fingerprint density at radius 2 is 1.87 bits per heavy atom. The van der Waals surface area contributed by atoms with E-state index in [0.717, 1.165) is 24.1 Å². The van der Waals surface area contributed by atoms with Crippen molar-refractivity contribution in [1.82, 2.24) is 4.98 Å². The van der Waals surface area contributed by atoms with Gasteiger partial charge in [0.05, 0.1) is 0 Å². The van der Waals surface area contributed by atoms with E-state index in [1.807, 2.05) is 6.92 Å². The molecule has 3 nitrogen and oxygen atoms in total. The zero-order valence-corrected chi connectivity index (χ0v) is 9.75. The molecule has 1 aromatic heterocycles. The molecule has 0 saturated heterocycles. The summed E-state index contributed by atoms with van der Waals surface area (Å²) < 4.78 is 0. The first-order valence-electron chi connectivity index (χ1n) is 5.17. The van der Waals surface area contributed by atoms with Crippen molar-refractivity contribution in [2.75, 3.05) is 0 Å². The smallest absolute Gasteiger partial charge is 0.252 e. The van der Waals surface area contributed by atoms with E-state index in [0.29, 0.717) is 6.54 Å². The monoisotopic (exact) mass is 228 g/mol. The average Bonchev–Trinajstić information content (AvgIpc) is 2.18. The van der Waals surface area contributed by atoms with Crippen LogP contribution in [0.2, 0.25) is 0 Å². The second kappa shape index (κ2) is 4.81. The summed E-state index contributed by atoms with van der Waals surface area (Å²) in [6.07, 6.45) is 4.52. The predicted octanol–water partition coefficient (Wildman–Crippen LogP) is 1.44. The molecule has 0 aromatic carbocycles. The summed E-state index contributed by atoms with van der Waals surface area (Å²) in [5.74, 6) is 0. The molecule has 3 N–H and O–H groups in total. The summed E-state index contributed by atoms with van der Waals surface area (Å²) >= 11 is 0. The first kappa shape index (κ1) is 12.3. The summed E-state index contributed by atoms with van der Waals surface area (Å²) in [7, 11) is 0. The van der Waals surface area contributed by atoms with Crippen LogP contribution >= 0.6 is 12.4 Å². The Balaban J connectivity index is 0.00000112. The maximum absolute atomic E-state index is 11.6. The van der Waals surface area contributed by atoms with Crippen LogP contribution in [0.15, 0.2) is 4.79 Å². The van der Waals surface area contributed by atoms with E-state index in [4.69, 9.17) is 5.73 Å². The topological polar surface area (TPSA) is 58.9 Å². The van der Waals surface area contributed by atoms with Gasteiger partial charge in [-0.15, -0.1) is 12.4 Å². The molecule has 0 bridgehead atoms. The lowest BCUT2D eigenvalue weighted by Crippen LogP contribution is -2.24. The molecule has 15 heavy (non-hydrogen) atoms. The van der Waals surface area contributed by atoms with Gasteiger partial charge in [0.2, 0.25) is 0 Å². The van der Waals surface area contributed by atoms with Crippen LogP contribution in [-0.4, -0.2) is 4.98 Å². The molecule has 0 radical (unpaired) electrons. The van der Waals surface area contributed by atoms with Gasteiger partial charge in [-0.05, 0) is 43.7 Å². The zero-order valence-electron chi connectivity index (χ0n) is 8.93. The van der Waals surface area contributed by atoms with Crippen LogP contribution in [0.5, 0.6) is 0 Å². The van der Waals surface area contributed by atoms with Crippen LogP contribution in [0.3, 0.4) is 0 Å². The van der Waals surface area contributed by atoms with Crippen molar-refractivity contribution in [2.24, 2.45) is 5.73 Å². The van der Waals surface area contributed by atoms with Gasteiger partial charge in [0.25, 0.3) is 5.56 Å². The molecular formula is C11H17ClN2O. The normalized spacial score (nSPS) is 14.3. The molecule has 4 heteroatoms. The zero-order chi connectivity index (χ0) is 10.1. The van der Waals surface area contributed by atoms with Crippen LogP contribution in [0.4, 0.5) is 0 Å². The summed E-state index contributed by atoms with van der Waals surface area (Å²) in [5, 5.41) is 0. The van der Waals surface area contributed by atoms with Crippen molar-refractivity contribution in [1.29, 1.82) is 0 Å². The second-order valence-corrected chi connectivity index (χ2v) is 3.93. The number of aromatic amines is 1. The molecule has 1 aliphatic carbocycles. The van der Waals surface area contributed by atoms with Gasteiger partial charge in [-0.25, -0.2) is 0 Å². The fraction of sp³-hybridized carbons (Fsp3) is 0.545. The Morgan fingerprint density at radius 1 is 1.27 bits per heavy atom. The second-order valence-electron chi connectivity index (χ2n) is 3.93. The van der Waals surface area contributed by atoms with E-state index in [1.165, 1.54) is 24.0 Å². The number of hydrogen-bond acceptors (Lipinski definition) is 2. The Hall–Kier alpha value is -0.800. The van der Waals surface area contributed by atoms with Gasteiger partial charge in [-0.2, -0.15) is 0 Å². The molecule has 2 rings (SSSR count). The van der Waals surface area contributed by atoms with Gasteiger partial charge in [0, 0.05) is 17.8 Å². The van der Waals surface area contributed by atoms with E-state index in [2.05, 4.69) is 4.98 Å². The minimum Gasteiger partial charge on any atom is -0.326 e. The van der Waals surface area contributed by atoms with Gasteiger partial charge in [-0.3, -0.25) is 4.79 Å². The Kier molecular flexibility index (Phi) is 3.94. The molecule has 0 atom stereocenters. The number of H-pyrrole nitrogens is 1. The maximum Gasteiger partial charge on any atom is 0.252 e. The van der Waals surface area contributed by atoms with Gasteiger partial charge in [0.15, 0.2) is 0 Å². The number of fused-ring (bicyclic) bond motifs is 1. The maximum atomic E-state index is 11.6. The number of nitrogens with two attached hydrogens (primary N) is 1. The lowest BCUT2D eigenvalue weighted by Gasteiger charge is -2.20. The number of aryl methyl sites for hydroxylation is 1. The third kappa shape index (κ3) is 2.08. The Bertz CT molecular complexity index is 412. The molecule has 1 heterocycles. The van der Waals surface area contributed by atoms with Crippen molar-refractivity contribution in [2.45, 2.75) is 39.2 Å². The minimum absolute atomic E-state index is 0. The fourth-order valence-electron chi connectivity index (χ4n) is 2.33. The number of pyridine rings is 1. The molecule has 84 valence electrons. The van der Waals surface area contributed by atoms with Crippen LogP contribution in [-0.2, 0) is 19.4 Å². The van der Waals surface area contributed by atoms with Crippen LogP contribution in [0, 0.1) is 6.92 Å².